The number of halogens is 1. The van der Waals surface area contributed by atoms with Crippen molar-refractivity contribution in [3.05, 3.63) is 48.3 Å². The second-order valence-corrected chi connectivity index (χ2v) is 7.51. The van der Waals surface area contributed by atoms with Crippen molar-refractivity contribution in [2.45, 2.75) is 18.0 Å². The Bertz CT molecular complexity index is 774. The highest BCUT2D eigenvalue weighted by atomic mass is 32.2. The van der Waals surface area contributed by atoms with Gasteiger partial charge in [-0.1, -0.05) is 0 Å². The number of imidazole rings is 1. The molecule has 1 aliphatic rings. The third-order valence-electron chi connectivity index (χ3n) is 3.89. The average Bonchev–Trinajstić information content (AvgIpc) is 2.86. The number of benzene rings is 1. The molecule has 0 unspecified atom stereocenters. The van der Waals surface area contributed by atoms with Gasteiger partial charge in [0.05, 0.1) is 18.0 Å². The second-order valence-electron chi connectivity index (χ2n) is 5.57. The van der Waals surface area contributed by atoms with Crippen molar-refractivity contribution in [2.75, 3.05) is 20.3 Å². The largest absolute Gasteiger partial charge is 0.384 e. The second kappa shape index (κ2) is 6.38. The maximum atomic E-state index is 13.1. The summed E-state index contributed by atoms with van der Waals surface area (Å²) >= 11 is 0. The Morgan fingerprint density at radius 3 is 2.74 bits per heavy atom. The van der Waals surface area contributed by atoms with Gasteiger partial charge < -0.3 is 9.30 Å². The van der Waals surface area contributed by atoms with Gasteiger partial charge in [0, 0.05) is 38.5 Å². The lowest BCUT2D eigenvalue weighted by atomic mass is 10.1. The monoisotopic (exact) mass is 339 g/mol. The molecule has 6 nitrogen and oxygen atoms in total. The highest BCUT2D eigenvalue weighted by Crippen LogP contribution is 2.23. The van der Waals surface area contributed by atoms with Gasteiger partial charge in [-0.05, 0) is 24.3 Å². The molecule has 124 valence electrons. The number of nitrogens with zero attached hydrogens (tertiary/aromatic N) is 3. The zero-order valence-corrected chi connectivity index (χ0v) is 13.5. The topological polar surface area (TPSA) is 64.4 Å². The summed E-state index contributed by atoms with van der Waals surface area (Å²) in [5, 5.41) is 0. The first kappa shape index (κ1) is 16.1. The first-order valence-corrected chi connectivity index (χ1v) is 8.69. The van der Waals surface area contributed by atoms with E-state index in [0.717, 1.165) is 12.1 Å². The molecule has 1 atom stereocenters. The van der Waals surface area contributed by atoms with Crippen molar-refractivity contribution in [1.29, 1.82) is 0 Å². The normalized spacial score (nSPS) is 19.3. The highest BCUT2D eigenvalue weighted by molar-refractivity contribution is 7.89. The number of ether oxygens (including phenoxy) is 1. The summed E-state index contributed by atoms with van der Waals surface area (Å²) in [5.74, 6) is 0.243. The maximum absolute atomic E-state index is 13.1. The van der Waals surface area contributed by atoms with Crippen molar-refractivity contribution in [2.24, 2.45) is 5.92 Å². The molecule has 0 N–H and O–H groups in total. The lowest BCUT2D eigenvalue weighted by Gasteiger charge is -2.23. The van der Waals surface area contributed by atoms with Crippen LogP contribution in [0.2, 0.25) is 0 Å². The van der Waals surface area contributed by atoms with Gasteiger partial charge in [-0.2, -0.15) is 4.31 Å². The SMILES string of the molecule is COC[C@@H]1CN(S(=O)(=O)c2ccc(F)cc2)Cc2nccn2C1. The Kier molecular flexibility index (Phi) is 4.47. The maximum Gasteiger partial charge on any atom is 0.243 e. The molecule has 1 aliphatic heterocycles. The number of aromatic nitrogens is 2. The van der Waals surface area contributed by atoms with Gasteiger partial charge in [-0.3, -0.25) is 0 Å². The molecule has 23 heavy (non-hydrogen) atoms. The third-order valence-corrected chi connectivity index (χ3v) is 5.72. The van der Waals surface area contributed by atoms with E-state index in [2.05, 4.69) is 4.98 Å². The number of methoxy groups -OCH3 is 1. The van der Waals surface area contributed by atoms with Gasteiger partial charge in [0.1, 0.15) is 11.6 Å². The predicted octanol–water partition coefficient (Wildman–Crippen LogP) is 1.49. The number of sulfonamides is 1. The van der Waals surface area contributed by atoms with E-state index in [4.69, 9.17) is 4.74 Å². The summed E-state index contributed by atoms with van der Waals surface area (Å²) in [6.45, 7) is 1.62. The van der Waals surface area contributed by atoms with E-state index in [9.17, 15) is 12.8 Å². The van der Waals surface area contributed by atoms with Gasteiger partial charge in [0.25, 0.3) is 0 Å². The third kappa shape index (κ3) is 3.29. The van der Waals surface area contributed by atoms with Crippen LogP contribution in [0.5, 0.6) is 0 Å². The standard InChI is InChI=1S/C15H18FN3O3S/c1-22-11-12-8-18-7-6-17-15(18)10-19(9-12)23(20,21)14-4-2-13(16)3-5-14/h2-7,12H,8-11H2,1H3/t12-/m0/s1. The molecule has 0 aliphatic carbocycles. The zero-order chi connectivity index (χ0) is 16.4. The van der Waals surface area contributed by atoms with Crippen LogP contribution in [0.1, 0.15) is 5.82 Å². The predicted molar refractivity (Wildman–Crippen MR) is 81.6 cm³/mol. The summed E-state index contributed by atoms with van der Waals surface area (Å²) in [7, 11) is -2.12. The Morgan fingerprint density at radius 1 is 1.30 bits per heavy atom. The van der Waals surface area contributed by atoms with Crippen LogP contribution in [0.3, 0.4) is 0 Å². The minimum absolute atomic E-state index is 0.0191. The Balaban J connectivity index is 1.95. The van der Waals surface area contributed by atoms with Crippen LogP contribution in [0.15, 0.2) is 41.6 Å². The van der Waals surface area contributed by atoms with E-state index in [1.165, 1.54) is 16.4 Å². The molecule has 2 heterocycles. The zero-order valence-electron chi connectivity index (χ0n) is 12.7. The summed E-state index contributed by atoms with van der Waals surface area (Å²) < 4.78 is 47.3. The van der Waals surface area contributed by atoms with Gasteiger partial charge in [-0.25, -0.2) is 17.8 Å². The summed E-state index contributed by atoms with van der Waals surface area (Å²) in [5.41, 5.74) is 0. The minimum Gasteiger partial charge on any atom is -0.384 e. The van der Waals surface area contributed by atoms with Crippen LogP contribution in [-0.2, 0) is 27.8 Å². The Morgan fingerprint density at radius 2 is 2.04 bits per heavy atom. The molecule has 1 aromatic carbocycles. The van der Waals surface area contributed by atoms with Crippen molar-refractivity contribution in [1.82, 2.24) is 13.9 Å². The van der Waals surface area contributed by atoms with Crippen molar-refractivity contribution in [3.63, 3.8) is 0 Å². The number of rotatable bonds is 4. The molecular weight excluding hydrogens is 321 g/mol. The molecule has 0 spiro atoms. The van der Waals surface area contributed by atoms with Crippen LogP contribution in [-0.4, -0.2) is 42.5 Å². The Hall–Kier alpha value is -1.77. The molecule has 3 rings (SSSR count). The van der Waals surface area contributed by atoms with E-state index in [0.29, 0.717) is 25.5 Å². The summed E-state index contributed by atoms with van der Waals surface area (Å²) in [6, 6.07) is 4.87. The number of fused-ring (bicyclic) bond motifs is 1. The fraction of sp³-hybridized carbons (Fsp3) is 0.400. The molecule has 0 bridgehead atoms. The molecule has 0 fully saturated rings. The molecule has 8 heteroatoms. The average molecular weight is 339 g/mol. The molecule has 0 radical (unpaired) electrons. The van der Waals surface area contributed by atoms with Gasteiger partial charge in [0.15, 0.2) is 0 Å². The van der Waals surface area contributed by atoms with Crippen LogP contribution in [0, 0.1) is 11.7 Å². The van der Waals surface area contributed by atoms with Gasteiger partial charge in [0.2, 0.25) is 10.0 Å². The van der Waals surface area contributed by atoms with Crippen LogP contribution >= 0.6 is 0 Å². The van der Waals surface area contributed by atoms with E-state index in [1.807, 2.05) is 10.8 Å². The van der Waals surface area contributed by atoms with E-state index >= 15 is 0 Å². The Labute approximate surface area is 134 Å². The fourth-order valence-corrected chi connectivity index (χ4v) is 4.25. The quantitative estimate of drug-likeness (QED) is 0.847. The molecule has 0 saturated carbocycles. The van der Waals surface area contributed by atoms with E-state index in [-0.39, 0.29) is 17.4 Å². The van der Waals surface area contributed by atoms with Gasteiger partial charge in [-0.15, -0.1) is 0 Å². The van der Waals surface area contributed by atoms with E-state index < -0.39 is 15.8 Å². The molecular formula is C15H18FN3O3S. The summed E-state index contributed by atoms with van der Waals surface area (Å²) in [6.07, 6.45) is 3.50. The molecule has 0 amide bonds. The molecule has 2 aromatic rings. The van der Waals surface area contributed by atoms with Crippen LogP contribution in [0.4, 0.5) is 4.39 Å². The lowest BCUT2D eigenvalue weighted by Crippen LogP contribution is -2.35. The first-order valence-electron chi connectivity index (χ1n) is 7.25. The number of hydrogen-bond acceptors (Lipinski definition) is 4. The minimum atomic E-state index is -3.72. The van der Waals surface area contributed by atoms with Crippen LogP contribution < -0.4 is 0 Å². The fourth-order valence-electron chi connectivity index (χ4n) is 2.78. The van der Waals surface area contributed by atoms with Crippen molar-refractivity contribution in [3.8, 4) is 0 Å². The first-order chi connectivity index (χ1) is 11.0. The van der Waals surface area contributed by atoms with Crippen LogP contribution in [0.25, 0.3) is 0 Å². The van der Waals surface area contributed by atoms with Crippen molar-refractivity contribution < 1.29 is 17.5 Å². The van der Waals surface area contributed by atoms with Crippen molar-refractivity contribution >= 4 is 10.0 Å². The summed E-state index contributed by atoms with van der Waals surface area (Å²) in [4.78, 5) is 4.32. The number of hydrogen-bond donors (Lipinski definition) is 0. The smallest absolute Gasteiger partial charge is 0.243 e. The molecule has 0 saturated heterocycles. The lowest BCUT2D eigenvalue weighted by molar-refractivity contribution is 0.135. The van der Waals surface area contributed by atoms with Gasteiger partial charge >= 0.3 is 0 Å². The molecule has 1 aromatic heterocycles. The highest BCUT2D eigenvalue weighted by Gasteiger charge is 2.31. The van der Waals surface area contributed by atoms with E-state index in [1.54, 1.807) is 13.3 Å².